The Hall–Kier alpha value is -2.05. The van der Waals surface area contributed by atoms with Gasteiger partial charge in [-0.05, 0) is 42.9 Å². The second-order valence-electron chi connectivity index (χ2n) is 9.29. The van der Waals surface area contributed by atoms with Gasteiger partial charge in [-0.3, -0.25) is 14.3 Å². The lowest BCUT2D eigenvalue weighted by molar-refractivity contribution is -0.121. The van der Waals surface area contributed by atoms with Crippen molar-refractivity contribution in [3.05, 3.63) is 40.0 Å². The Morgan fingerprint density at radius 3 is 2.33 bits per heavy atom. The molecule has 6 nitrogen and oxygen atoms in total. The number of hydrogen-bond donors (Lipinski definition) is 2. The number of carbonyl (C=O) groups excluding carboxylic acids is 2. The Kier molecular flexibility index (Phi) is 10.7. The molecule has 1 aromatic heterocycles. The van der Waals surface area contributed by atoms with Crippen molar-refractivity contribution < 1.29 is 9.59 Å². The van der Waals surface area contributed by atoms with E-state index in [-0.39, 0.29) is 30.0 Å². The number of halogens is 2. The van der Waals surface area contributed by atoms with E-state index >= 15 is 0 Å². The van der Waals surface area contributed by atoms with E-state index in [4.69, 9.17) is 23.2 Å². The third-order valence-corrected chi connectivity index (χ3v) is 5.77. The first-order valence-electron chi connectivity index (χ1n) is 11.7. The van der Waals surface area contributed by atoms with E-state index in [1.807, 2.05) is 0 Å². The first kappa shape index (κ1) is 27.2. The molecule has 0 spiro atoms. The summed E-state index contributed by atoms with van der Waals surface area (Å²) in [7, 11) is 0. The van der Waals surface area contributed by atoms with Crippen LogP contribution >= 0.6 is 23.2 Å². The van der Waals surface area contributed by atoms with E-state index in [9.17, 15) is 9.59 Å². The number of amides is 2. The summed E-state index contributed by atoms with van der Waals surface area (Å²) in [6, 6.07) is 6.77. The van der Waals surface area contributed by atoms with Crippen molar-refractivity contribution in [2.75, 3.05) is 6.54 Å². The summed E-state index contributed by atoms with van der Waals surface area (Å²) >= 11 is 12.9. The van der Waals surface area contributed by atoms with Crippen molar-refractivity contribution in [1.82, 2.24) is 20.4 Å². The number of nitrogens with one attached hydrogen (secondary N) is 2. The van der Waals surface area contributed by atoms with Crippen LogP contribution in [-0.4, -0.2) is 34.2 Å². The summed E-state index contributed by atoms with van der Waals surface area (Å²) < 4.78 is 1.78. The van der Waals surface area contributed by atoms with Crippen molar-refractivity contribution in [1.29, 1.82) is 0 Å². The Balaban J connectivity index is 2.27. The summed E-state index contributed by atoms with van der Waals surface area (Å²) in [4.78, 5) is 25.5. The van der Waals surface area contributed by atoms with Crippen LogP contribution < -0.4 is 10.6 Å². The molecule has 182 valence electrons. The fraction of sp³-hybridized carbons (Fsp3) is 0.560. The molecule has 8 heteroatoms. The van der Waals surface area contributed by atoms with E-state index in [1.54, 1.807) is 28.9 Å². The van der Waals surface area contributed by atoms with Crippen LogP contribution in [0, 0.1) is 11.8 Å². The van der Waals surface area contributed by atoms with Crippen molar-refractivity contribution in [2.24, 2.45) is 11.8 Å². The Morgan fingerprint density at radius 2 is 1.76 bits per heavy atom. The highest BCUT2D eigenvalue weighted by molar-refractivity contribution is 6.39. The second-order valence-corrected chi connectivity index (χ2v) is 10.1. The molecule has 33 heavy (non-hydrogen) atoms. The normalized spacial score (nSPS) is 12.3. The van der Waals surface area contributed by atoms with E-state index in [0.717, 1.165) is 12.8 Å². The molecular formula is C25H36Cl2N4O2. The molecule has 0 bridgehead atoms. The van der Waals surface area contributed by atoms with Crippen LogP contribution in [0.25, 0.3) is 11.3 Å². The molecule has 0 saturated heterocycles. The quantitative estimate of drug-likeness (QED) is 0.357. The lowest BCUT2D eigenvalue weighted by Crippen LogP contribution is -2.40. The van der Waals surface area contributed by atoms with Gasteiger partial charge in [-0.15, -0.1) is 0 Å². The minimum Gasteiger partial charge on any atom is -0.356 e. The molecule has 2 amide bonds. The smallest absolute Gasteiger partial charge is 0.272 e. The molecule has 1 atom stereocenters. The summed E-state index contributed by atoms with van der Waals surface area (Å²) in [5.74, 6) is 0.272. The summed E-state index contributed by atoms with van der Waals surface area (Å²) in [5, 5.41) is 11.5. The molecule has 2 rings (SSSR count). The number of benzene rings is 1. The van der Waals surface area contributed by atoms with Crippen LogP contribution in [0.2, 0.25) is 10.0 Å². The lowest BCUT2D eigenvalue weighted by atomic mass is 10.0. The molecule has 0 aliphatic rings. The third kappa shape index (κ3) is 8.35. The topological polar surface area (TPSA) is 76.0 Å². The maximum atomic E-state index is 13.1. The van der Waals surface area contributed by atoms with Gasteiger partial charge in [0.2, 0.25) is 5.91 Å². The number of carbonyl (C=O) groups is 2. The summed E-state index contributed by atoms with van der Waals surface area (Å²) in [6.07, 6.45) is 2.89. The van der Waals surface area contributed by atoms with Crippen LogP contribution in [0.3, 0.4) is 0 Å². The first-order valence-corrected chi connectivity index (χ1v) is 12.5. The number of hydrogen-bond acceptors (Lipinski definition) is 3. The number of nitrogens with zero attached hydrogens (tertiary/aromatic N) is 2. The maximum Gasteiger partial charge on any atom is 0.272 e. The van der Waals surface area contributed by atoms with Crippen LogP contribution in [0.4, 0.5) is 0 Å². The number of rotatable bonds is 12. The van der Waals surface area contributed by atoms with E-state index in [1.165, 1.54) is 0 Å². The van der Waals surface area contributed by atoms with Crippen molar-refractivity contribution in [2.45, 2.75) is 72.9 Å². The molecular weight excluding hydrogens is 459 g/mol. The highest BCUT2D eigenvalue weighted by atomic mass is 35.5. The summed E-state index contributed by atoms with van der Waals surface area (Å²) in [6.45, 7) is 11.6. The van der Waals surface area contributed by atoms with E-state index < -0.39 is 0 Å². The molecule has 2 aromatic rings. The van der Waals surface area contributed by atoms with Crippen molar-refractivity contribution >= 4 is 35.0 Å². The Labute approximate surface area is 207 Å². The third-order valence-electron chi connectivity index (χ3n) is 5.15. The standard InChI is InChI=1S/C25H36Cl2N4O2/c1-6-7-11-28-23(32)13-18(12-16(2)3)29-25(33)21-14-22(31(30-21)15-17(4)5)24-19(26)9-8-10-20(24)27/h8-10,14,16-18H,6-7,11-13,15H2,1-5H3,(H,28,32)(H,29,33)/t18-/m0/s1. The predicted octanol–water partition coefficient (Wildman–Crippen LogP) is 5.96. The first-order chi connectivity index (χ1) is 15.6. The van der Waals surface area contributed by atoms with Gasteiger partial charge in [0.15, 0.2) is 5.69 Å². The zero-order valence-corrected chi connectivity index (χ0v) is 21.8. The lowest BCUT2D eigenvalue weighted by Gasteiger charge is -2.20. The molecule has 0 fully saturated rings. The van der Waals surface area contributed by atoms with E-state index in [0.29, 0.717) is 52.6 Å². The fourth-order valence-electron chi connectivity index (χ4n) is 3.68. The van der Waals surface area contributed by atoms with Crippen molar-refractivity contribution in [3.63, 3.8) is 0 Å². The maximum absolute atomic E-state index is 13.1. The molecule has 0 saturated carbocycles. The van der Waals surface area contributed by atoms with Gasteiger partial charge >= 0.3 is 0 Å². The minimum absolute atomic E-state index is 0.0525. The van der Waals surface area contributed by atoms with E-state index in [2.05, 4.69) is 50.4 Å². The average Bonchev–Trinajstić information content (AvgIpc) is 3.10. The van der Waals surface area contributed by atoms with Crippen LogP contribution in [0.15, 0.2) is 24.3 Å². The molecule has 0 unspecified atom stereocenters. The van der Waals surface area contributed by atoms with Gasteiger partial charge in [-0.1, -0.05) is 70.3 Å². The molecule has 0 radical (unpaired) electrons. The highest BCUT2D eigenvalue weighted by Crippen LogP contribution is 2.35. The predicted molar refractivity (Wildman–Crippen MR) is 136 cm³/mol. The van der Waals surface area contributed by atoms with Gasteiger partial charge in [-0.25, -0.2) is 0 Å². The molecule has 0 aliphatic carbocycles. The average molecular weight is 495 g/mol. The fourth-order valence-corrected chi connectivity index (χ4v) is 4.27. The van der Waals surface area contributed by atoms with Crippen LogP contribution in [0.1, 0.15) is 70.8 Å². The Morgan fingerprint density at radius 1 is 1.09 bits per heavy atom. The van der Waals surface area contributed by atoms with Gasteiger partial charge in [0.25, 0.3) is 5.91 Å². The van der Waals surface area contributed by atoms with Gasteiger partial charge in [0, 0.05) is 31.1 Å². The Bertz CT molecular complexity index is 920. The highest BCUT2D eigenvalue weighted by Gasteiger charge is 2.23. The summed E-state index contributed by atoms with van der Waals surface area (Å²) in [5.41, 5.74) is 1.63. The monoisotopic (exact) mass is 494 g/mol. The van der Waals surface area contributed by atoms with Gasteiger partial charge in [0.1, 0.15) is 0 Å². The van der Waals surface area contributed by atoms with Gasteiger partial charge in [-0.2, -0.15) is 5.10 Å². The largest absolute Gasteiger partial charge is 0.356 e. The molecule has 1 heterocycles. The van der Waals surface area contributed by atoms with Crippen LogP contribution in [-0.2, 0) is 11.3 Å². The molecule has 0 aliphatic heterocycles. The second kappa shape index (κ2) is 13.0. The molecule has 2 N–H and O–H groups in total. The van der Waals surface area contributed by atoms with Gasteiger partial charge < -0.3 is 10.6 Å². The van der Waals surface area contributed by atoms with Crippen molar-refractivity contribution in [3.8, 4) is 11.3 Å². The number of unbranched alkanes of at least 4 members (excludes halogenated alkanes) is 1. The minimum atomic E-state index is -0.311. The zero-order valence-electron chi connectivity index (χ0n) is 20.3. The number of aromatic nitrogens is 2. The molecule has 1 aromatic carbocycles. The SMILES string of the molecule is CCCCNC(=O)C[C@H](CC(C)C)NC(=O)c1cc(-c2c(Cl)cccc2Cl)n(CC(C)C)n1. The zero-order chi connectivity index (χ0) is 24.5. The van der Waals surface area contributed by atoms with Gasteiger partial charge in [0.05, 0.1) is 15.7 Å². The van der Waals surface area contributed by atoms with Crippen LogP contribution in [0.5, 0.6) is 0 Å².